The van der Waals surface area contributed by atoms with Crippen LogP contribution in [0.5, 0.6) is 11.5 Å². The highest BCUT2D eigenvalue weighted by Gasteiger charge is 2.26. The number of nitrogens with zero attached hydrogens (tertiary/aromatic N) is 4. The third kappa shape index (κ3) is 5.03. The fourth-order valence-electron chi connectivity index (χ4n) is 4.44. The third-order valence-electron chi connectivity index (χ3n) is 6.58. The molecule has 1 aliphatic rings. The van der Waals surface area contributed by atoms with Gasteiger partial charge < -0.3 is 19.1 Å². The van der Waals surface area contributed by atoms with Gasteiger partial charge in [-0.25, -0.2) is 0 Å². The largest absolute Gasteiger partial charge is 0.496 e. The van der Waals surface area contributed by atoms with E-state index < -0.39 is 0 Å². The van der Waals surface area contributed by atoms with E-state index in [-0.39, 0.29) is 11.9 Å². The molecule has 0 spiro atoms. The van der Waals surface area contributed by atoms with Crippen LogP contribution >= 0.6 is 0 Å². The predicted octanol–water partition coefficient (Wildman–Crippen LogP) is 3.09. The highest BCUT2D eigenvalue weighted by molar-refractivity contribution is 6.06. The summed E-state index contributed by atoms with van der Waals surface area (Å²) in [4.78, 5) is 17.7. The van der Waals surface area contributed by atoms with Crippen LogP contribution in [0.25, 0.3) is 10.9 Å². The molecule has 1 atom stereocenters. The summed E-state index contributed by atoms with van der Waals surface area (Å²) in [7, 11) is 5.15. The number of likely N-dealkylation sites (N-methyl/N-ethyl adjacent to an activating group) is 1. The van der Waals surface area contributed by atoms with Gasteiger partial charge in [0.25, 0.3) is 5.91 Å². The van der Waals surface area contributed by atoms with Crippen LogP contribution in [0.2, 0.25) is 0 Å². The van der Waals surface area contributed by atoms with E-state index >= 15 is 0 Å². The number of morpholine rings is 1. The van der Waals surface area contributed by atoms with Crippen LogP contribution in [0, 0.1) is 0 Å². The van der Waals surface area contributed by atoms with Crippen LogP contribution in [0.3, 0.4) is 0 Å². The molecule has 0 aliphatic carbocycles. The Hall–Kier alpha value is -3.10. The van der Waals surface area contributed by atoms with Gasteiger partial charge in [0.05, 0.1) is 34.0 Å². The average Bonchev–Trinajstić information content (AvgIpc) is 3.26. The lowest BCUT2D eigenvalue weighted by molar-refractivity contribution is 0.0361. The first kappa shape index (κ1) is 24.0. The van der Waals surface area contributed by atoms with Crippen molar-refractivity contribution in [3.8, 4) is 11.5 Å². The normalized spacial score (nSPS) is 15.3. The Morgan fingerprint density at radius 1 is 1.06 bits per heavy atom. The van der Waals surface area contributed by atoms with E-state index in [0.717, 1.165) is 60.8 Å². The number of hydrogen-bond donors (Lipinski definition) is 0. The summed E-state index contributed by atoms with van der Waals surface area (Å²) in [6.45, 7) is 6.87. The van der Waals surface area contributed by atoms with E-state index in [0.29, 0.717) is 18.7 Å². The van der Waals surface area contributed by atoms with Gasteiger partial charge in [0, 0.05) is 38.1 Å². The zero-order valence-corrected chi connectivity index (χ0v) is 20.5. The van der Waals surface area contributed by atoms with E-state index in [2.05, 4.69) is 4.90 Å². The zero-order chi connectivity index (χ0) is 24.1. The molecule has 2 heterocycles. The number of methoxy groups -OCH3 is 2. The molecule has 0 bridgehead atoms. The summed E-state index contributed by atoms with van der Waals surface area (Å²) in [5.74, 6) is 1.44. The molecule has 0 radical (unpaired) electrons. The minimum absolute atomic E-state index is 0.0389. The molecule has 1 fully saturated rings. The van der Waals surface area contributed by atoms with Gasteiger partial charge in [0.15, 0.2) is 5.69 Å². The van der Waals surface area contributed by atoms with Crippen molar-refractivity contribution in [2.24, 2.45) is 0 Å². The first-order valence-electron chi connectivity index (χ1n) is 11.8. The van der Waals surface area contributed by atoms with Gasteiger partial charge in [-0.3, -0.25) is 14.4 Å². The topological polar surface area (TPSA) is 69.1 Å². The minimum atomic E-state index is -0.106. The number of rotatable bonds is 9. The maximum Gasteiger partial charge on any atom is 0.274 e. The number of fused-ring (bicyclic) bond motifs is 1. The van der Waals surface area contributed by atoms with Gasteiger partial charge >= 0.3 is 0 Å². The maximum absolute atomic E-state index is 13.6. The molecule has 2 aromatic carbocycles. The molecule has 0 saturated carbocycles. The fraction of sp³-hybridized carbons (Fsp3) is 0.462. The van der Waals surface area contributed by atoms with Crippen molar-refractivity contribution in [1.82, 2.24) is 19.6 Å². The standard InChI is InChI=1S/C26H34N4O4/c1-19(18-20-8-5-6-10-22(20)32-3)28(2)26(31)24-21-9-7-11-23(33-4)25(21)30(27-24)13-12-29-14-16-34-17-15-29/h5-11,19H,12-18H2,1-4H3. The summed E-state index contributed by atoms with van der Waals surface area (Å²) < 4.78 is 18.5. The van der Waals surface area contributed by atoms with Crippen LogP contribution in [-0.2, 0) is 17.7 Å². The lowest BCUT2D eigenvalue weighted by Crippen LogP contribution is -2.38. The second kappa shape index (κ2) is 10.9. The molecule has 0 N–H and O–H groups in total. The lowest BCUT2D eigenvalue weighted by Gasteiger charge is -2.26. The van der Waals surface area contributed by atoms with Crippen molar-refractivity contribution >= 4 is 16.8 Å². The summed E-state index contributed by atoms with van der Waals surface area (Å²) >= 11 is 0. The first-order chi connectivity index (χ1) is 16.5. The van der Waals surface area contributed by atoms with Crippen LogP contribution in [0.15, 0.2) is 42.5 Å². The molecule has 182 valence electrons. The quantitative estimate of drug-likeness (QED) is 0.483. The maximum atomic E-state index is 13.6. The molecule has 8 nitrogen and oxygen atoms in total. The predicted molar refractivity (Wildman–Crippen MR) is 132 cm³/mol. The Bertz CT molecular complexity index is 1120. The Labute approximate surface area is 201 Å². The van der Waals surface area contributed by atoms with Crippen molar-refractivity contribution in [3.63, 3.8) is 0 Å². The van der Waals surface area contributed by atoms with Crippen molar-refractivity contribution < 1.29 is 19.0 Å². The highest BCUT2D eigenvalue weighted by Crippen LogP contribution is 2.29. The summed E-state index contributed by atoms with van der Waals surface area (Å²) in [5.41, 5.74) is 2.37. The smallest absolute Gasteiger partial charge is 0.274 e. The monoisotopic (exact) mass is 466 g/mol. The number of hydrogen-bond acceptors (Lipinski definition) is 6. The molecule has 1 unspecified atom stereocenters. The van der Waals surface area contributed by atoms with E-state index in [9.17, 15) is 4.79 Å². The highest BCUT2D eigenvalue weighted by atomic mass is 16.5. The molecule has 1 saturated heterocycles. The number of para-hydroxylation sites is 2. The summed E-state index contributed by atoms with van der Waals surface area (Å²) in [6, 6.07) is 13.6. The van der Waals surface area contributed by atoms with Crippen molar-refractivity contribution in [2.45, 2.75) is 25.9 Å². The number of benzene rings is 2. The fourth-order valence-corrected chi connectivity index (χ4v) is 4.44. The van der Waals surface area contributed by atoms with Crippen LogP contribution < -0.4 is 9.47 Å². The first-order valence-corrected chi connectivity index (χ1v) is 11.8. The van der Waals surface area contributed by atoms with Crippen LogP contribution in [0.4, 0.5) is 0 Å². The Balaban J connectivity index is 1.59. The molecular formula is C26H34N4O4. The van der Waals surface area contributed by atoms with Gasteiger partial charge in [-0.15, -0.1) is 0 Å². The number of carbonyl (C=O) groups excluding carboxylic acids is 1. The third-order valence-corrected chi connectivity index (χ3v) is 6.58. The molecule has 8 heteroatoms. The average molecular weight is 467 g/mol. The molecule has 34 heavy (non-hydrogen) atoms. The Morgan fingerprint density at radius 3 is 2.50 bits per heavy atom. The second-order valence-electron chi connectivity index (χ2n) is 8.66. The van der Waals surface area contributed by atoms with Crippen LogP contribution in [0.1, 0.15) is 23.0 Å². The van der Waals surface area contributed by atoms with Gasteiger partial charge in [-0.2, -0.15) is 5.10 Å². The molecule has 1 amide bonds. The molecule has 3 aromatic rings. The van der Waals surface area contributed by atoms with Crippen molar-refractivity contribution in [1.29, 1.82) is 0 Å². The Kier molecular flexibility index (Phi) is 7.70. The molecular weight excluding hydrogens is 432 g/mol. The summed E-state index contributed by atoms with van der Waals surface area (Å²) in [6.07, 6.45) is 0.686. The minimum Gasteiger partial charge on any atom is -0.496 e. The number of ether oxygens (including phenoxy) is 3. The van der Waals surface area contributed by atoms with Gasteiger partial charge in [-0.05, 0) is 31.0 Å². The van der Waals surface area contributed by atoms with Gasteiger partial charge in [0.1, 0.15) is 17.0 Å². The van der Waals surface area contributed by atoms with E-state index in [4.69, 9.17) is 19.3 Å². The SMILES string of the molecule is COc1ccccc1CC(C)N(C)C(=O)c1nn(CCN2CCOCC2)c2c(OC)cccc12. The van der Waals surface area contributed by atoms with Gasteiger partial charge in [-0.1, -0.05) is 30.3 Å². The number of carbonyl (C=O) groups is 1. The zero-order valence-electron chi connectivity index (χ0n) is 20.5. The van der Waals surface area contributed by atoms with Crippen molar-refractivity contribution in [2.75, 3.05) is 54.1 Å². The number of aromatic nitrogens is 2. The molecule has 4 rings (SSSR count). The van der Waals surface area contributed by atoms with E-state index in [1.807, 2.05) is 61.1 Å². The Morgan fingerprint density at radius 2 is 1.76 bits per heavy atom. The molecule has 1 aromatic heterocycles. The van der Waals surface area contributed by atoms with Gasteiger partial charge in [0.2, 0.25) is 0 Å². The van der Waals surface area contributed by atoms with Crippen molar-refractivity contribution in [3.05, 3.63) is 53.7 Å². The summed E-state index contributed by atoms with van der Waals surface area (Å²) in [5, 5.41) is 5.60. The van der Waals surface area contributed by atoms with E-state index in [1.54, 1.807) is 19.1 Å². The van der Waals surface area contributed by atoms with E-state index in [1.165, 1.54) is 0 Å². The second-order valence-corrected chi connectivity index (χ2v) is 8.66. The molecule has 1 aliphatic heterocycles. The lowest BCUT2D eigenvalue weighted by atomic mass is 10.0. The number of amides is 1. The van der Waals surface area contributed by atoms with Crippen LogP contribution in [-0.4, -0.2) is 85.6 Å².